The van der Waals surface area contributed by atoms with Crippen LogP contribution < -0.4 is 16.0 Å². The maximum absolute atomic E-state index is 12.9. The molecule has 3 heterocycles. The molecule has 2 aliphatic heterocycles. The van der Waals surface area contributed by atoms with Crippen molar-refractivity contribution < 1.29 is 19.2 Å². The summed E-state index contributed by atoms with van der Waals surface area (Å²) in [6.07, 6.45) is 4.05. The van der Waals surface area contributed by atoms with E-state index in [4.69, 9.17) is 0 Å². The number of imide groups is 1. The molecule has 0 bridgehead atoms. The predicted octanol–water partition coefficient (Wildman–Crippen LogP) is 1.77. The van der Waals surface area contributed by atoms with E-state index in [9.17, 15) is 19.2 Å². The van der Waals surface area contributed by atoms with Gasteiger partial charge in [-0.25, -0.2) is 4.79 Å². The molecule has 2 aromatic rings. The van der Waals surface area contributed by atoms with E-state index in [-0.39, 0.29) is 30.8 Å². The molecule has 0 spiro atoms. The third-order valence-corrected chi connectivity index (χ3v) is 6.71. The second kappa shape index (κ2) is 8.34. The van der Waals surface area contributed by atoms with Crippen LogP contribution in [0.4, 0.5) is 10.6 Å². The van der Waals surface area contributed by atoms with E-state index in [1.165, 1.54) is 11.3 Å². The van der Waals surface area contributed by atoms with Gasteiger partial charge in [-0.2, -0.15) is 5.10 Å². The lowest BCUT2D eigenvalue weighted by Crippen LogP contribution is -2.52. The van der Waals surface area contributed by atoms with Gasteiger partial charge in [0.1, 0.15) is 11.9 Å². The first-order valence-corrected chi connectivity index (χ1v) is 11.2. The van der Waals surface area contributed by atoms with E-state index in [0.29, 0.717) is 30.3 Å². The third kappa shape index (κ3) is 4.08. The summed E-state index contributed by atoms with van der Waals surface area (Å²) in [6, 6.07) is 6.39. The summed E-state index contributed by atoms with van der Waals surface area (Å²) in [6.45, 7) is 0.580. The molecule has 2 fully saturated rings. The van der Waals surface area contributed by atoms with Crippen LogP contribution in [0.5, 0.6) is 0 Å². The van der Waals surface area contributed by atoms with Gasteiger partial charge in [-0.05, 0) is 36.5 Å². The summed E-state index contributed by atoms with van der Waals surface area (Å²) in [4.78, 5) is 50.4. The number of nitrogens with zero attached hydrogens (tertiary/aromatic N) is 3. The molecule has 10 heteroatoms. The molecule has 3 N–H and O–H groups in total. The predicted molar refractivity (Wildman–Crippen MR) is 118 cm³/mol. The Bertz CT molecular complexity index is 1150. The highest BCUT2D eigenvalue weighted by molar-refractivity contribution is 6.05. The van der Waals surface area contributed by atoms with Crippen LogP contribution in [0, 0.1) is 0 Å². The molecule has 33 heavy (non-hydrogen) atoms. The standard InChI is InChI=1S/C23H26N6O4/c1-28-19(10-17(27-28)14-3-2-4-14)25-23(33)24-11-13-5-6-15-12-29(22(32)16(15)9-13)18-7-8-20(30)26-21(18)31/h5-6,9-10,14,18H,2-4,7-8,11-12H2,1H3,(H2,24,25,33)(H,26,30,31). The molecular weight excluding hydrogens is 424 g/mol. The lowest BCUT2D eigenvalue weighted by Gasteiger charge is -2.29. The van der Waals surface area contributed by atoms with Crippen LogP contribution in [0.25, 0.3) is 0 Å². The summed E-state index contributed by atoms with van der Waals surface area (Å²) < 4.78 is 1.67. The van der Waals surface area contributed by atoms with E-state index >= 15 is 0 Å². The van der Waals surface area contributed by atoms with Crippen LogP contribution in [-0.4, -0.2) is 44.5 Å². The Labute approximate surface area is 190 Å². The molecule has 1 saturated carbocycles. The molecular formula is C23H26N6O4. The Morgan fingerprint density at radius 3 is 2.73 bits per heavy atom. The van der Waals surface area contributed by atoms with Crippen molar-refractivity contribution in [1.29, 1.82) is 0 Å². The number of piperidine rings is 1. The Morgan fingerprint density at radius 1 is 1.18 bits per heavy atom. The number of carbonyl (C=O) groups is 4. The van der Waals surface area contributed by atoms with Crippen LogP contribution in [0.15, 0.2) is 24.3 Å². The van der Waals surface area contributed by atoms with Crippen molar-refractivity contribution in [3.8, 4) is 0 Å². The van der Waals surface area contributed by atoms with Gasteiger partial charge in [0.15, 0.2) is 0 Å². The monoisotopic (exact) mass is 450 g/mol. The van der Waals surface area contributed by atoms with E-state index in [0.717, 1.165) is 29.7 Å². The van der Waals surface area contributed by atoms with E-state index in [1.54, 1.807) is 17.8 Å². The van der Waals surface area contributed by atoms with Crippen molar-refractivity contribution in [2.24, 2.45) is 7.05 Å². The van der Waals surface area contributed by atoms with Crippen LogP contribution in [0.2, 0.25) is 0 Å². The number of aromatic nitrogens is 2. The molecule has 1 aliphatic carbocycles. The van der Waals surface area contributed by atoms with Crippen LogP contribution in [0.3, 0.4) is 0 Å². The quantitative estimate of drug-likeness (QED) is 0.599. The highest BCUT2D eigenvalue weighted by Gasteiger charge is 2.39. The number of aryl methyl sites for hydroxylation is 1. The fourth-order valence-corrected chi connectivity index (χ4v) is 4.56. The molecule has 1 saturated heterocycles. The van der Waals surface area contributed by atoms with Gasteiger partial charge in [0.25, 0.3) is 5.91 Å². The maximum Gasteiger partial charge on any atom is 0.320 e. The minimum absolute atomic E-state index is 0.222. The zero-order valence-corrected chi connectivity index (χ0v) is 18.4. The molecule has 0 radical (unpaired) electrons. The number of anilines is 1. The minimum Gasteiger partial charge on any atom is -0.334 e. The summed E-state index contributed by atoms with van der Waals surface area (Å²) in [5.41, 5.74) is 3.15. The molecule has 5 amide bonds. The second-order valence-electron chi connectivity index (χ2n) is 8.91. The number of carbonyl (C=O) groups excluding carboxylic acids is 4. The van der Waals surface area contributed by atoms with Gasteiger partial charge in [0.2, 0.25) is 11.8 Å². The average molecular weight is 450 g/mol. The van der Waals surface area contributed by atoms with Crippen LogP contribution in [0.1, 0.15) is 65.2 Å². The molecule has 1 unspecified atom stereocenters. The Morgan fingerprint density at radius 2 is 2.00 bits per heavy atom. The Kier molecular flexibility index (Phi) is 5.35. The van der Waals surface area contributed by atoms with E-state index < -0.39 is 11.9 Å². The highest BCUT2D eigenvalue weighted by atomic mass is 16.2. The van der Waals surface area contributed by atoms with E-state index in [1.807, 2.05) is 18.2 Å². The molecule has 172 valence electrons. The normalized spacial score (nSPS) is 20.3. The first kappa shape index (κ1) is 21.2. The largest absolute Gasteiger partial charge is 0.334 e. The zero-order valence-electron chi connectivity index (χ0n) is 18.4. The molecule has 5 rings (SSSR count). The molecule has 1 atom stereocenters. The van der Waals surface area contributed by atoms with Gasteiger partial charge in [-0.1, -0.05) is 18.6 Å². The summed E-state index contributed by atoms with van der Waals surface area (Å²) in [7, 11) is 1.80. The van der Waals surface area contributed by atoms with Gasteiger partial charge in [-0.3, -0.25) is 29.7 Å². The number of fused-ring (bicyclic) bond motifs is 1. The lowest BCUT2D eigenvalue weighted by molar-refractivity contribution is -0.136. The van der Waals surface area contributed by atoms with Crippen molar-refractivity contribution >= 4 is 29.6 Å². The third-order valence-electron chi connectivity index (χ3n) is 6.71. The van der Waals surface area contributed by atoms with Gasteiger partial charge in [0, 0.05) is 44.1 Å². The van der Waals surface area contributed by atoms with Crippen LogP contribution >= 0.6 is 0 Å². The summed E-state index contributed by atoms with van der Waals surface area (Å²) in [5, 5.41) is 12.4. The molecule has 1 aromatic heterocycles. The average Bonchev–Trinajstić information content (AvgIpc) is 3.25. The summed E-state index contributed by atoms with van der Waals surface area (Å²) in [5.74, 6) is 0.153. The number of rotatable bonds is 5. The minimum atomic E-state index is -0.640. The lowest BCUT2D eigenvalue weighted by atomic mass is 9.83. The van der Waals surface area contributed by atoms with Crippen molar-refractivity contribution in [2.75, 3.05) is 5.32 Å². The van der Waals surface area contributed by atoms with E-state index in [2.05, 4.69) is 21.0 Å². The summed E-state index contributed by atoms with van der Waals surface area (Å²) >= 11 is 0. The zero-order chi connectivity index (χ0) is 23.1. The fourth-order valence-electron chi connectivity index (χ4n) is 4.56. The Balaban J connectivity index is 1.20. The number of nitrogens with one attached hydrogen (secondary N) is 3. The first-order valence-electron chi connectivity index (χ1n) is 11.2. The number of hydrogen-bond donors (Lipinski definition) is 3. The smallest absolute Gasteiger partial charge is 0.320 e. The van der Waals surface area contributed by atoms with Gasteiger partial charge >= 0.3 is 6.03 Å². The number of amides is 5. The topological polar surface area (TPSA) is 125 Å². The van der Waals surface area contributed by atoms with Crippen molar-refractivity contribution in [3.63, 3.8) is 0 Å². The van der Waals surface area contributed by atoms with Crippen molar-refractivity contribution in [2.45, 2.75) is 57.2 Å². The van der Waals surface area contributed by atoms with Gasteiger partial charge < -0.3 is 10.2 Å². The van der Waals surface area contributed by atoms with Crippen LogP contribution in [-0.2, 0) is 29.7 Å². The SMILES string of the molecule is Cn1nc(C2CCC2)cc1NC(=O)NCc1ccc2c(c1)C(=O)N(C1CCC(=O)NC1=O)C2. The molecule has 1 aromatic carbocycles. The first-order chi connectivity index (χ1) is 15.9. The van der Waals surface area contributed by atoms with Crippen molar-refractivity contribution in [3.05, 3.63) is 46.6 Å². The second-order valence-corrected chi connectivity index (χ2v) is 8.91. The number of benzene rings is 1. The molecule has 3 aliphatic rings. The Hall–Kier alpha value is -3.69. The fraction of sp³-hybridized carbons (Fsp3) is 0.435. The molecule has 10 nitrogen and oxygen atoms in total. The number of hydrogen-bond acceptors (Lipinski definition) is 5. The maximum atomic E-state index is 12.9. The van der Waals surface area contributed by atoms with Crippen molar-refractivity contribution in [1.82, 2.24) is 25.3 Å². The number of urea groups is 1. The highest BCUT2D eigenvalue weighted by Crippen LogP contribution is 2.36. The van der Waals surface area contributed by atoms with Gasteiger partial charge in [0.05, 0.1) is 5.69 Å². The van der Waals surface area contributed by atoms with Gasteiger partial charge in [-0.15, -0.1) is 0 Å².